The van der Waals surface area contributed by atoms with Gasteiger partial charge < -0.3 is 20.1 Å². The third-order valence-corrected chi connectivity index (χ3v) is 6.16. The summed E-state index contributed by atoms with van der Waals surface area (Å²) >= 11 is 0. The van der Waals surface area contributed by atoms with E-state index in [0.29, 0.717) is 23.4 Å². The van der Waals surface area contributed by atoms with E-state index in [2.05, 4.69) is 24.3 Å². The molecule has 0 radical (unpaired) electrons. The zero-order chi connectivity index (χ0) is 21.4. The van der Waals surface area contributed by atoms with Crippen molar-refractivity contribution in [3.05, 3.63) is 65.7 Å². The van der Waals surface area contributed by atoms with Crippen molar-refractivity contribution in [3.8, 4) is 5.75 Å². The van der Waals surface area contributed by atoms with Crippen LogP contribution in [0.4, 0.5) is 0 Å². The first kappa shape index (κ1) is 22.5. The number of aliphatic hydroxyl groups is 1. The molecule has 0 saturated heterocycles. The van der Waals surface area contributed by atoms with Crippen molar-refractivity contribution in [2.24, 2.45) is 0 Å². The van der Waals surface area contributed by atoms with Crippen LogP contribution in [0, 0.1) is 0 Å². The lowest BCUT2D eigenvalue weighted by Crippen LogP contribution is -2.53. The number of ether oxygens (including phenoxy) is 1. The second-order valence-corrected chi connectivity index (χ2v) is 8.49. The molecule has 2 N–H and O–H groups in total. The van der Waals surface area contributed by atoms with Crippen LogP contribution in [0.1, 0.15) is 48.0 Å². The summed E-state index contributed by atoms with van der Waals surface area (Å²) in [5.74, 6) is 0.639. The second-order valence-electron chi connectivity index (χ2n) is 8.49. The van der Waals surface area contributed by atoms with Crippen LogP contribution < -0.4 is 10.1 Å². The van der Waals surface area contributed by atoms with Gasteiger partial charge in [-0.25, -0.2) is 0 Å². The lowest BCUT2D eigenvalue weighted by atomic mass is 9.80. The number of carbonyl (C=O) groups excluding carboxylic acids is 1. The first-order chi connectivity index (χ1) is 14.5. The van der Waals surface area contributed by atoms with Crippen molar-refractivity contribution in [2.75, 3.05) is 33.8 Å². The Balaban J connectivity index is 1.43. The Morgan fingerprint density at radius 3 is 2.30 bits per heavy atom. The van der Waals surface area contributed by atoms with E-state index < -0.39 is 6.10 Å². The van der Waals surface area contributed by atoms with Crippen molar-refractivity contribution in [2.45, 2.75) is 43.7 Å². The molecule has 0 amide bonds. The summed E-state index contributed by atoms with van der Waals surface area (Å²) in [5.41, 5.74) is 1.48. The first-order valence-electron chi connectivity index (χ1n) is 10.9. The molecule has 0 spiro atoms. The van der Waals surface area contributed by atoms with Gasteiger partial charge in [0.1, 0.15) is 18.5 Å². The molecule has 30 heavy (non-hydrogen) atoms. The molecule has 1 saturated carbocycles. The molecule has 0 bridgehead atoms. The monoisotopic (exact) mass is 410 g/mol. The fourth-order valence-corrected chi connectivity index (χ4v) is 4.17. The van der Waals surface area contributed by atoms with E-state index in [-0.39, 0.29) is 17.9 Å². The van der Waals surface area contributed by atoms with E-state index in [1.807, 2.05) is 30.3 Å². The van der Waals surface area contributed by atoms with E-state index in [1.165, 1.54) is 32.1 Å². The fraction of sp³-hybridized carbons (Fsp3) is 0.480. The summed E-state index contributed by atoms with van der Waals surface area (Å²) in [6, 6.07) is 16.3. The Kier molecular flexibility index (Phi) is 8.02. The Morgan fingerprint density at radius 1 is 1.03 bits per heavy atom. The lowest BCUT2D eigenvalue weighted by Gasteiger charge is -2.43. The number of nitrogens with one attached hydrogen (secondary N) is 1. The quantitative estimate of drug-likeness (QED) is 0.587. The molecule has 2 aromatic rings. The van der Waals surface area contributed by atoms with Crippen LogP contribution in [0.3, 0.4) is 0 Å². The van der Waals surface area contributed by atoms with E-state index in [1.54, 1.807) is 24.3 Å². The minimum atomic E-state index is -0.585. The van der Waals surface area contributed by atoms with Gasteiger partial charge in [0, 0.05) is 29.8 Å². The number of rotatable bonds is 10. The van der Waals surface area contributed by atoms with Crippen molar-refractivity contribution >= 4 is 5.78 Å². The molecule has 0 unspecified atom stereocenters. The SMILES string of the molecule is CN(C)C1(CNC[C@H](O)COc2ccc(C(=O)c3ccccc3)cc2)CCCCC1. The van der Waals surface area contributed by atoms with Gasteiger partial charge in [-0.15, -0.1) is 0 Å². The molecule has 1 atom stereocenters. The third-order valence-electron chi connectivity index (χ3n) is 6.16. The van der Waals surface area contributed by atoms with Crippen molar-refractivity contribution in [3.63, 3.8) is 0 Å². The number of hydrogen-bond acceptors (Lipinski definition) is 5. The van der Waals surface area contributed by atoms with Crippen LogP contribution in [-0.4, -0.2) is 61.2 Å². The molecule has 5 heteroatoms. The smallest absolute Gasteiger partial charge is 0.193 e. The van der Waals surface area contributed by atoms with Crippen molar-refractivity contribution in [1.29, 1.82) is 0 Å². The van der Waals surface area contributed by atoms with Crippen molar-refractivity contribution < 1.29 is 14.6 Å². The zero-order valence-corrected chi connectivity index (χ0v) is 18.1. The number of ketones is 1. The number of likely N-dealkylation sites (N-methyl/N-ethyl adjacent to an activating group) is 1. The van der Waals surface area contributed by atoms with Gasteiger partial charge in [0.25, 0.3) is 0 Å². The Labute approximate surface area is 180 Å². The highest BCUT2D eigenvalue weighted by molar-refractivity contribution is 6.08. The Morgan fingerprint density at radius 2 is 1.67 bits per heavy atom. The van der Waals surface area contributed by atoms with E-state index in [0.717, 1.165) is 6.54 Å². The molecule has 3 rings (SSSR count). The van der Waals surface area contributed by atoms with Gasteiger partial charge in [0.15, 0.2) is 5.78 Å². The van der Waals surface area contributed by atoms with Gasteiger partial charge in [0.05, 0.1) is 0 Å². The molecular formula is C25H34N2O3. The summed E-state index contributed by atoms with van der Waals surface area (Å²) in [7, 11) is 4.30. The number of aliphatic hydroxyl groups excluding tert-OH is 1. The normalized spacial score (nSPS) is 16.9. The van der Waals surface area contributed by atoms with Crippen molar-refractivity contribution in [1.82, 2.24) is 10.2 Å². The molecule has 5 nitrogen and oxygen atoms in total. The van der Waals surface area contributed by atoms with Crippen LogP contribution >= 0.6 is 0 Å². The van der Waals surface area contributed by atoms with E-state index >= 15 is 0 Å². The molecule has 0 aromatic heterocycles. The van der Waals surface area contributed by atoms with E-state index in [9.17, 15) is 9.90 Å². The molecule has 2 aromatic carbocycles. The van der Waals surface area contributed by atoms with Gasteiger partial charge in [-0.1, -0.05) is 49.6 Å². The largest absolute Gasteiger partial charge is 0.491 e. The van der Waals surface area contributed by atoms with Gasteiger partial charge in [-0.05, 0) is 51.2 Å². The number of hydrogen-bond donors (Lipinski definition) is 2. The number of benzene rings is 2. The highest BCUT2D eigenvalue weighted by Gasteiger charge is 2.33. The summed E-state index contributed by atoms with van der Waals surface area (Å²) in [6.45, 7) is 1.60. The molecule has 1 aliphatic rings. The predicted molar refractivity (Wildman–Crippen MR) is 120 cm³/mol. The maximum atomic E-state index is 12.5. The summed E-state index contributed by atoms with van der Waals surface area (Å²) in [4.78, 5) is 14.8. The highest BCUT2D eigenvalue weighted by Crippen LogP contribution is 2.31. The van der Waals surface area contributed by atoms with Crippen LogP contribution in [0.2, 0.25) is 0 Å². The molecule has 1 fully saturated rings. The summed E-state index contributed by atoms with van der Waals surface area (Å²) < 4.78 is 5.71. The minimum absolute atomic E-state index is 0.0103. The molecular weight excluding hydrogens is 376 g/mol. The predicted octanol–water partition coefficient (Wildman–Crippen LogP) is 3.51. The fourth-order valence-electron chi connectivity index (χ4n) is 4.17. The maximum absolute atomic E-state index is 12.5. The van der Waals surface area contributed by atoms with Crippen LogP contribution in [0.5, 0.6) is 5.75 Å². The highest BCUT2D eigenvalue weighted by atomic mass is 16.5. The summed E-state index contributed by atoms with van der Waals surface area (Å²) in [6.07, 6.45) is 5.68. The first-order valence-corrected chi connectivity index (χ1v) is 10.9. The molecule has 162 valence electrons. The standard InChI is InChI=1S/C25H34N2O3/c1-27(2)25(15-7-4-8-16-25)19-26-17-22(28)18-30-23-13-11-21(12-14-23)24(29)20-9-5-3-6-10-20/h3,5-6,9-14,22,26,28H,4,7-8,15-19H2,1-2H3/t22-/m0/s1. The maximum Gasteiger partial charge on any atom is 0.193 e. The van der Waals surface area contributed by atoms with Gasteiger partial charge in [-0.2, -0.15) is 0 Å². The van der Waals surface area contributed by atoms with Gasteiger partial charge in [0.2, 0.25) is 0 Å². The van der Waals surface area contributed by atoms with E-state index in [4.69, 9.17) is 4.74 Å². The second kappa shape index (κ2) is 10.7. The number of nitrogens with zero attached hydrogens (tertiary/aromatic N) is 1. The molecule has 1 aliphatic carbocycles. The average molecular weight is 411 g/mol. The van der Waals surface area contributed by atoms with Crippen LogP contribution in [0.25, 0.3) is 0 Å². The molecule has 0 heterocycles. The van der Waals surface area contributed by atoms with Gasteiger partial charge in [-0.3, -0.25) is 4.79 Å². The average Bonchev–Trinajstić information content (AvgIpc) is 2.78. The third kappa shape index (κ3) is 5.91. The zero-order valence-electron chi connectivity index (χ0n) is 18.1. The topological polar surface area (TPSA) is 61.8 Å². The van der Waals surface area contributed by atoms with Crippen LogP contribution in [0.15, 0.2) is 54.6 Å². The minimum Gasteiger partial charge on any atom is -0.491 e. The number of carbonyl (C=O) groups is 1. The lowest BCUT2D eigenvalue weighted by molar-refractivity contribution is 0.0789. The molecule has 0 aliphatic heterocycles. The van der Waals surface area contributed by atoms with Gasteiger partial charge >= 0.3 is 0 Å². The Hall–Kier alpha value is -2.21. The Bertz CT molecular complexity index is 784. The summed E-state index contributed by atoms with van der Waals surface area (Å²) in [5, 5.41) is 13.7. The van der Waals surface area contributed by atoms with Crippen LogP contribution in [-0.2, 0) is 0 Å².